The standard InChI is InChI=1S/C43H63N5O7S/c1-8-30-22-43(30,35(49)37(51)44-23-26-16-17-26)46-36(50)34-32-31(41(32,6)7)24-48(34)38(52)33(29-20-27-14-10-11-15-28(27)21-29)45-39(53)47-42(18-12-9-13-19-42)25(2)56(54,55)40(3,4)5/h10-11,14-15,25-26,29-34H,8-9,12-13,16-24H2,1-7H3,(H,44,51)(H,46,50)(H2,45,47,53)/t25-,30?,31?,32?,33+,34+,43?/m1/s1. The van der Waals surface area contributed by atoms with E-state index in [1.54, 1.807) is 32.6 Å². The molecule has 5 aliphatic carbocycles. The average Bonchev–Trinajstić information content (AvgIpc) is 4.09. The van der Waals surface area contributed by atoms with Crippen LogP contribution in [0.4, 0.5) is 4.79 Å². The van der Waals surface area contributed by atoms with E-state index in [9.17, 15) is 27.6 Å². The van der Waals surface area contributed by atoms with Crippen molar-refractivity contribution in [2.45, 2.75) is 152 Å². The van der Waals surface area contributed by atoms with Gasteiger partial charge in [-0.25, -0.2) is 13.2 Å². The molecule has 4 N–H and O–H groups in total. The number of carbonyl (C=O) groups excluding carboxylic acids is 5. The van der Waals surface area contributed by atoms with Gasteiger partial charge in [-0.15, -0.1) is 0 Å². The summed E-state index contributed by atoms with van der Waals surface area (Å²) in [5.74, 6) is -2.26. The number of benzene rings is 1. The largest absolute Gasteiger partial charge is 0.349 e. The van der Waals surface area contributed by atoms with Crippen molar-refractivity contribution >= 4 is 39.4 Å². The number of sulfone groups is 1. The van der Waals surface area contributed by atoms with Gasteiger partial charge in [-0.3, -0.25) is 19.2 Å². The average molecular weight is 794 g/mol. The van der Waals surface area contributed by atoms with E-state index in [0.717, 1.165) is 43.2 Å². The molecule has 4 saturated carbocycles. The van der Waals surface area contributed by atoms with Gasteiger partial charge in [0.05, 0.1) is 15.5 Å². The summed E-state index contributed by atoms with van der Waals surface area (Å²) in [5, 5.41) is 11.2. The zero-order chi connectivity index (χ0) is 40.6. The highest BCUT2D eigenvalue weighted by Crippen LogP contribution is 2.65. The fourth-order valence-corrected chi connectivity index (χ4v) is 12.6. The van der Waals surface area contributed by atoms with Gasteiger partial charge in [0.25, 0.3) is 5.91 Å². The number of carbonyl (C=O) groups is 5. The van der Waals surface area contributed by atoms with Gasteiger partial charge in [-0.05, 0) is 119 Å². The minimum atomic E-state index is -3.66. The summed E-state index contributed by atoms with van der Waals surface area (Å²) in [7, 11) is -3.66. The van der Waals surface area contributed by atoms with Crippen molar-refractivity contribution in [2.24, 2.45) is 35.0 Å². The van der Waals surface area contributed by atoms with Crippen LogP contribution in [0.25, 0.3) is 0 Å². The van der Waals surface area contributed by atoms with Gasteiger partial charge in [0.2, 0.25) is 17.6 Å². The first-order valence-electron chi connectivity index (χ1n) is 21.1. The van der Waals surface area contributed by atoms with Crippen molar-refractivity contribution in [1.29, 1.82) is 0 Å². The minimum Gasteiger partial charge on any atom is -0.349 e. The Kier molecular flexibility index (Phi) is 10.5. The second-order valence-corrected chi connectivity index (χ2v) is 22.7. The van der Waals surface area contributed by atoms with Crippen molar-refractivity contribution in [3.05, 3.63) is 35.4 Å². The maximum Gasteiger partial charge on any atom is 0.315 e. The van der Waals surface area contributed by atoms with Crippen LogP contribution in [0.15, 0.2) is 24.3 Å². The molecule has 13 heteroatoms. The molecule has 5 amide bonds. The van der Waals surface area contributed by atoms with Crippen LogP contribution < -0.4 is 21.3 Å². The number of ketones is 1. The summed E-state index contributed by atoms with van der Waals surface area (Å²) in [4.78, 5) is 72.3. The molecule has 56 heavy (non-hydrogen) atoms. The first kappa shape index (κ1) is 40.7. The molecule has 7 rings (SSSR count). The van der Waals surface area contributed by atoms with Gasteiger partial charge in [-0.2, -0.15) is 0 Å². The molecule has 1 heterocycles. The highest BCUT2D eigenvalue weighted by molar-refractivity contribution is 7.93. The van der Waals surface area contributed by atoms with E-state index in [1.165, 1.54) is 0 Å². The van der Waals surface area contributed by atoms with Gasteiger partial charge < -0.3 is 26.2 Å². The number of amides is 5. The van der Waals surface area contributed by atoms with Crippen LogP contribution >= 0.6 is 0 Å². The highest BCUT2D eigenvalue weighted by Gasteiger charge is 2.71. The van der Waals surface area contributed by atoms with Crippen LogP contribution in [0.3, 0.4) is 0 Å². The minimum absolute atomic E-state index is 0.0566. The normalized spacial score (nSPS) is 29.9. The Balaban J connectivity index is 1.15. The van der Waals surface area contributed by atoms with Crippen LogP contribution in [-0.2, 0) is 41.9 Å². The van der Waals surface area contributed by atoms with Crippen LogP contribution in [-0.4, -0.2) is 89.1 Å². The predicted octanol–water partition coefficient (Wildman–Crippen LogP) is 4.24. The Morgan fingerprint density at radius 1 is 0.946 bits per heavy atom. The summed E-state index contributed by atoms with van der Waals surface area (Å²) in [5.41, 5.74) is -0.309. The van der Waals surface area contributed by atoms with E-state index in [0.29, 0.717) is 57.5 Å². The van der Waals surface area contributed by atoms with Gasteiger partial charge >= 0.3 is 6.03 Å². The molecule has 0 bridgehead atoms. The zero-order valence-corrected chi connectivity index (χ0v) is 35.2. The molecule has 5 fully saturated rings. The highest BCUT2D eigenvalue weighted by atomic mass is 32.2. The first-order valence-corrected chi connectivity index (χ1v) is 22.7. The van der Waals surface area contributed by atoms with Crippen molar-refractivity contribution in [3.8, 4) is 0 Å². The number of fused-ring (bicyclic) bond motifs is 2. The second kappa shape index (κ2) is 14.4. The number of likely N-dealkylation sites (tertiary alicyclic amines) is 1. The van der Waals surface area contributed by atoms with Crippen LogP contribution in [0.1, 0.15) is 117 Å². The third kappa shape index (κ3) is 7.16. The number of Topliss-reactive ketones (excluding diaryl/α,β-unsaturated/α-hetero) is 1. The second-order valence-electron chi connectivity index (χ2n) is 19.7. The van der Waals surface area contributed by atoms with E-state index in [-0.39, 0.29) is 35.0 Å². The van der Waals surface area contributed by atoms with Gasteiger partial charge in [0, 0.05) is 13.1 Å². The monoisotopic (exact) mass is 793 g/mol. The maximum atomic E-state index is 15.1. The number of nitrogens with one attached hydrogen (secondary N) is 4. The first-order chi connectivity index (χ1) is 26.3. The Morgan fingerprint density at radius 3 is 2.12 bits per heavy atom. The third-order valence-corrected chi connectivity index (χ3v) is 18.0. The lowest BCUT2D eigenvalue weighted by Crippen LogP contribution is -2.65. The SMILES string of the molecule is CCC1CC1(NC(=O)[C@@H]1C2C(CN1C(=O)[C@@H](NC(=O)NC1([C@@H](C)S(=O)(=O)C(C)(C)C)CCCCC1)C1Cc3ccccc3C1)C2(C)C)C(=O)C(=O)NCC1CC1. The van der Waals surface area contributed by atoms with Crippen LogP contribution in [0.2, 0.25) is 0 Å². The molecule has 4 unspecified atom stereocenters. The molecular formula is C43H63N5O7S. The third-order valence-electron chi connectivity index (χ3n) is 14.9. The van der Waals surface area contributed by atoms with Crippen molar-refractivity contribution in [1.82, 2.24) is 26.2 Å². The number of hydrogen-bond acceptors (Lipinski definition) is 7. The molecule has 1 saturated heterocycles. The summed E-state index contributed by atoms with van der Waals surface area (Å²) in [6.07, 6.45) is 7.68. The Bertz CT molecular complexity index is 1850. The van der Waals surface area contributed by atoms with Gasteiger partial charge in [0.1, 0.15) is 17.6 Å². The summed E-state index contributed by atoms with van der Waals surface area (Å²) < 4.78 is 26.6. The number of urea groups is 1. The van der Waals surface area contributed by atoms with Gasteiger partial charge in [0.15, 0.2) is 9.84 Å². The lowest BCUT2D eigenvalue weighted by Gasteiger charge is -2.44. The zero-order valence-electron chi connectivity index (χ0n) is 34.3. The number of hydrogen-bond donors (Lipinski definition) is 4. The van der Waals surface area contributed by atoms with E-state index in [1.807, 2.05) is 31.2 Å². The molecule has 0 radical (unpaired) electrons. The van der Waals surface area contributed by atoms with E-state index < -0.39 is 66.6 Å². The van der Waals surface area contributed by atoms with Crippen molar-refractivity contribution in [3.63, 3.8) is 0 Å². The van der Waals surface area contributed by atoms with Crippen molar-refractivity contribution in [2.75, 3.05) is 13.1 Å². The van der Waals surface area contributed by atoms with Gasteiger partial charge in [-0.1, -0.05) is 70.7 Å². The predicted molar refractivity (Wildman–Crippen MR) is 213 cm³/mol. The Morgan fingerprint density at radius 2 is 1.57 bits per heavy atom. The van der Waals surface area contributed by atoms with Crippen LogP contribution in [0, 0.1) is 35.0 Å². The smallest absolute Gasteiger partial charge is 0.315 e. The molecule has 1 aliphatic heterocycles. The topological polar surface area (TPSA) is 171 Å². The summed E-state index contributed by atoms with van der Waals surface area (Å²) in [6, 6.07) is 5.53. The number of piperidine rings is 1. The Labute approximate surface area is 332 Å². The summed E-state index contributed by atoms with van der Waals surface area (Å²) >= 11 is 0. The molecule has 0 aromatic heterocycles. The maximum absolute atomic E-state index is 15.1. The number of rotatable bonds is 13. The lowest BCUT2D eigenvalue weighted by molar-refractivity contribution is -0.145. The molecule has 7 atom stereocenters. The van der Waals surface area contributed by atoms with E-state index >= 15 is 4.79 Å². The summed E-state index contributed by atoms with van der Waals surface area (Å²) in [6.45, 7) is 13.7. The van der Waals surface area contributed by atoms with Crippen LogP contribution in [0.5, 0.6) is 0 Å². The quantitative estimate of drug-likeness (QED) is 0.217. The molecule has 1 aromatic rings. The van der Waals surface area contributed by atoms with E-state index in [4.69, 9.17) is 0 Å². The van der Waals surface area contributed by atoms with Crippen molar-refractivity contribution < 1.29 is 32.4 Å². The lowest BCUT2D eigenvalue weighted by atomic mass is 9.79. The fourth-order valence-electron chi connectivity index (χ4n) is 10.7. The molecule has 12 nitrogen and oxygen atoms in total. The molecule has 0 spiro atoms. The van der Waals surface area contributed by atoms with E-state index in [2.05, 4.69) is 35.1 Å². The fraction of sp³-hybridized carbons (Fsp3) is 0.744. The number of nitrogens with zero attached hydrogens (tertiary/aromatic N) is 1. The molecule has 6 aliphatic rings. The molecular weight excluding hydrogens is 731 g/mol. The molecule has 1 aromatic carbocycles. The Hall–Kier alpha value is -3.48. The molecule has 308 valence electrons.